The van der Waals surface area contributed by atoms with Crippen LogP contribution in [-0.2, 0) is 0 Å². The van der Waals surface area contributed by atoms with Gasteiger partial charge in [-0.05, 0) is 24.3 Å². The van der Waals surface area contributed by atoms with Crippen molar-refractivity contribution in [1.29, 1.82) is 5.26 Å². The maximum absolute atomic E-state index is 11.1. The molecule has 11 aromatic rings. The van der Waals surface area contributed by atoms with Crippen molar-refractivity contribution in [2.45, 2.75) is 0 Å². The van der Waals surface area contributed by atoms with E-state index < -0.39 is 0 Å². The Kier molecular flexibility index (Phi) is 6.38. The second-order valence-corrected chi connectivity index (χ2v) is 14.1. The van der Waals surface area contributed by atoms with Crippen LogP contribution in [0.1, 0.15) is 5.56 Å². The van der Waals surface area contributed by atoms with Gasteiger partial charge in [0.05, 0.1) is 21.3 Å². The maximum atomic E-state index is 11.1. The van der Waals surface area contributed by atoms with Crippen molar-refractivity contribution in [3.8, 4) is 45.9 Å². The van der Waals surface area contributed by atoms with Crippen LogP contribution in [-0.4, -0.2) is 19.5 Å². The average molecular weight is 696 g/mol. The van der Waals surface area contributed by atoms with Crippen LogP contribution >= 0.6 is 11.3 Å². The molecule has 0 saturated carbocycles. The van der Waals surface area contributed by atoms with Crippen LogP contribution in [0.25, 0.3) is 104 Å². The summed E-state index contributed by atoms with van der Waals surface area (Å²) in [6.45, 7) is 0. The zero-order valence-electron chi connectivity index (χ0n) is 28.0. The predicted molar refractivity (Wildman–Crippen MR) is 215 cm³/mol. The standard InChI is InChI=1S/C46H25N5OS/c47-26-29-25-35(46-49-44(27-13-3-1-4-14-27)48-45(50-46)28-15-5-2-6-16-28)39-34-19-8-11-21-37(34)52-42(39)40(29)51-36-20-10-7-17-30(36)32-23-24-33-31-18-9-12-22-38(31)53-43(33)41(32)51/h1-25H. The highest BCUT2D eigenvalue weighted by Crippen LogP contribution is 2.47. The average Bonchev–Trinajstić information content (AvgIpc) is 3.91. The van der Waals surface area contributed by atoms with Crippen LogP contribution in [0, 0.1) is 11.3 Å². The number of rotatable bonds is 4. The SMILES string of the molecule is N#Cc1cc(-c2nc(-c3ccccc3)nc(-c3ccccc3)n2)c2c(oc3ccccc32)c1-n1c2ccccc2c2ccc3c4ccccc4sc3c21. The van der Waals surface area contributed by atoms with Crippen molar-refractivity contribution in [3.63, 3.8) is 0 Å². The highest BCUT2D eigenvalue weighted by atomic mass is 32.1. The third kappa shape index (κ3) is 4.40. The quantitative estimate of drug-likeness (QED) is 0.183. The molecule has 246 valence electrons. The Morgan fingerprint density at radius 1 is 0.566 bits per heavy atom. The number of fused-ring (bicyclic) bond motifs is 10. The normalized spacial score (nSPS) is 11.8. The summed E-state index contributed by atoms with van der Waals surface area (Å²) in [5, 5.41) is 17.5. The fourth-order valence-corrected chi connectivity index (χ4v) is 9.00. The molecule has 0 spiro atoms. The van der Waals surface area contributed by atoms with Crippen molar-refractivity contribution < 1.29 is 4.42 Å². The number of thiophene rings is 1. The lowest BCUT2D eigenvalue weighted by Gasteiger charge is -2.14. The smallest absolute Gasteiger partial charge is 0.164 e. The summed E-state index contributed by atoms with van der Waals surface area (Å²) in [4.78, 5) is 15.1. The van der Waals surface area contributed by atoms with Gasteiger partial charge in [0.1, 0.15) is 17.3 Å². The second kappa shape index (κ2) is 11.4. The van der Waals surface area contributed by atoms with E-state index in [2.05, 4.69) is 77.4 Å². The summed E-state index contributed by atoms with van der Waals surface area (Å²) in [6.07, 6.45) is 0. The lowest BCUT2D eigenvalue weighted by molar-refractivity contribution is 0.666. The molecule has 0 aliphatic heterocycles. The summed E-state index contributed by atoms with van der Waals surface area (Å²) in [7, 11) is 0. The monoisotopic (exact) mass is 695 g/mol. The molecule has 6 nitrogen and oxygen atoms in total. The molecule has 7 heteroatoms. The van der Waals surface area contributed by atoms with Crippen molar-refractivity contribution in [2.75, 3.05) is 0 Å². The molecule has 0 atom stereocenters. The minimum atomic E-state index is 0.454. The van der Waals surface area contributed by atoms with Crippen molar-refractivity contribution in [3.05, 3.63) is 157 Å². The molecular weight excluding hydrogens is 671 g/mol. The van der Waals surface area contributed by atoms with Gasteiger partial charge in [-0.15, -0.1) is 11.3 Å². The Morgan fingerprint density at radius 3 is 1.91 bits per heavy atom. The van der Waals surface area contributed by atoms with E-state index in [1.807, 2.05) is 84.9 Å². The van der Waals surface area contributed by atoms with E-state index >= 15 is 0 Å². The van der Waals surface area contributed by atoms with Gasteiger partial charge in [-0.1, -0.05) is 127 Å². The van der Waals surface area contributed by atoms with Gasteiger partial charge in [0.2, 0.25) is 0 Å². The summed E-state index contributed by atoms with van der Waals surface area (Å²) in [6, 6.07) is 53.8. The molecule has 7 aromatic carbocycles. The summed E-state index contributed by atoms with van der Waals surface area (Å²) < 4.78 is 11.5. The lowest BCUT2D eigenvalue weighted by Crippen LogP contribution is -2.03. The summed E-state index contributed by atoms with van der Waals surface area (Å²) in [5.74, 6) is 1.56. The molecule has 4 heterocycles. The molecular formula is C46H25N5OS. The molecule has 0 amide bonds. The maximum Gasteiger partial charge on any atom is 0.164 e. The molecule has 0 aliphatic rings. The predicted octanol–water partition coefficient (Wildman–Crippen LogP) is 12.1. The fourth-order valence-electron chi connectivity index (χ4n) is 7.76. The van der Waals surface area contributed by atoms with E-state index in [-0.39, 0.29) is 0 Å². The zero-order valence-corrected chi connectivity index (χ0v) is 28.8. The largest absolute Gasteiger partial charge is 0.454 e. The van der Waals surface area contributed by atoms with E-state index in [0.717, 1.165) is 48.4 Å². The topological polar surface area (TPSA) is 80.5 Å². The Morgan fingerprint density at radius 2 is 1.17 bits per heavy atom. The Labute approximate surface area is 306 Å². The van der Waals surface area contributed by atoms with Crippen molar-refractivity contribution >= 4 is 75.3 Å². The van der Waals surface area contributed by atoms with Gasteiger partial charge in [-0.25, -0.2) is 15.0 Å². The molecule has 0 saturated heterocycles. The van der Waals surface area contributed by atoms with Gasteiger partial charge in [0.15, 0.2) is 23.1 Å². The number of nitrogens with zero attached hydrogens (tertiary/aromatic N) is 5. The van der Waals surface area contributed by atoms with Crippen LogP contribution in [0.2, 0.25) is 0 Å². The van der Waals surface area contributed by atoms with E-state index in [4.69, 9.17) is 19.4 Å². The number of furan rings is 1. The molecule has 0 bridgehead atoms. The first-order chi connectivity index (χ1) is 26.2. The number of hydrogen-bond donors (Lipinski definition) is 0. The molecule has 0 N–H and O–H groups in total. The first kappa shape index (κ1) is 29.6. The minimum Gasteiger partial charge on any atom is -0.454 e. The first-order valence-electron chi connectivity index (χ1n) is 17.3. The third-order valence-electron chi connectivity index (χ3n) is 10.1. The van der Waals surface area contributed by atoms with Crippen molar-refractivity contribution in [1.82, 2.24) is 19.5 Å². The molecule has 0 aliphatic carbocycles. The van der Waals surface area contributed by atoms with E-state index in [1.165, 1.54) is 15.5 Å². The fraction of sp³-hybridized carbons (Fsp3) is 0. The van der Waals surface area contributed by atoms with Crippen LogP contribution in [0.5, 0.6) is 0 Å². The molecule has 4 aromatic heterocycles. The molecule has 0 unspecified atom stereocenters. The van der Waals surface area contributed by atoms with Crippen molar-refractivity contribution in [2.24, 2.45) is 0 Å². The second-order valence-electron chi connectivity index (χ2n) is 13.1. The van der Waals surface area contributed by atoms with E-state index in [1.54, 1.807) is 11.3 Å². The first-order valence-corrected chi connectivity index (χ1v) is 18.2. The van der Waals surface area contributed by atoms with Crippen LogP contribution in [0.3, 0.4) is 0 Å². The van der Waals surface area contributed by atoms with Gasteiger partial charge < -0.3 is 8.98 Å². The van der Waals surface area contributed by atoms with Gasteiger partial charge >= 0.3 is 0 Å². The summed E-state index contributed by atoms with van der Waals surface area (Å²) >= 11 is 1.78. The number of nitriles is 1. The number of hydrogen-bond acceptors (Lipinski definition) is 6. The van der Waals surface area contributed by atoms with Gasteiger partial charge in [0, 0.05) is 53.7 Å². The number of benzene rings is 7. The van der Waals surface area contributed by atoms with Crippen LogP contribution in [0.4, 0.5) is 0 Å². The van der Waals surface area contributed by atoms with Crippen LogP contribution < -0.4 is 0 Å². The highest BCUT2D eigenvalue weighted by molar-refractivity contribution is 7.26. The van der Waals surface area contributed by atoms with Crippen LogP contribution in [0.15, 0.2) is 156 Å². The zero-order chi connectivity index (χ0) is 35.0. The molecule has 0 fully saturated rings. The lowest BCUT2D eigenvalue weighted by atomic mass is 10.00. The Bertz CT molecular complexity index is 3240. The Balaban J connectivity index is 1.29. The van der Waals surface area contributed by atoms with Gasteiger partial charge in [-0.3, -0.25) is 0 Å². The molecule has 53 heavy (non-hydrogen) atoms. The summed E-state index contributed by atoms with van der Waals surface area (Å²) in [5.41, 5.74) is 6.96. The number of aromatic nitrogens is 4. The van der Waals surface area contributed by atoms with Gasteiger partial charge in [-0.2, -0.15) is 5.26 Å². The molecule has 11 rings (SSSR count). The minimum absolute atomic E-state index is 0.454. The van der Waals surface area contributed by atoms with E-state index in [9.17, 15) is 5.26 Å². The Hall–Kier alpha value is -7.14. The van der Waals surface area contributed by atoms with E-state index in [0.29, 0.717) is 45.5 Å². The molecule has 0 radical (unpaired) electrons. The van der Waals surface area contributed by atoms with Gasteiger partial charge in [0.25, 0.3) is 0 Å². The number of para-hydroxylation sites is 2. The highest BCUT2D eigenvalue weighted by Gasteiger charge is 2.27. The third-order valence-corrected chi connectivity index (χ3v) is 11.3.